The van der Waals surface area contributed by atoms with E-state index >= 15 is 0 Å². The van der Waals surface area contributed by atoms with Gasteiger partial charge in [-0.3, -0.25) is 4.79 Å². The van der Waals surface area contributed by atoms with Crippen LogP contribution in [0.1, 0.15) is 62.5 Å². The Morgan fingerprint density at radius 3 is 2.44 bits per heavy atom. The third-order valence-corrected chi connectivity index (χ3v) is 5.81. The highest BCUT2D eigenvalue weighted by molar-refractivity contribution is 5.76. The summed E-state index contributed by atoms with van der Waals surface area (Å²) in [5, 5.41) is 0. The van der Waals surface area contributed by atoms with Crippen LogP contribution in [0.5, 0.6) is 0 Å². The normalized spacial score (nSPS) is 19.5. The third-order valence-electron chi connectivity index (χ3n) is 5.81. The number of benzene rings is 1. The maximum atomic E-state index is 12.4. The van der Waals surface area contributed by atoms with Crippen LogP contribution in [0.3, 0.4) is 0 Å². The van der Waals surface area contributed by atoms with Gasteiger partial charge in [0.2, 0.25) is 5.91 Å². The molecule has 1 aromatic rings. The van der Waals surface area contributed by atoms with Crippen molar-refractivity contribution in [3.8, 4) is 0 Å². The first kappa shape index (κ1) is 18.4. The van der Waals surface area contributed by atoms with E-state index in [1.165, 1.54) is 36.8 Å². The van der Waals surface area contributed by atoms with E-state index in [-0.39, 0.29) is 0 Å². The van der Waals surface area contributed by atoms with Crippen molar-refractivity contribution in [2.75, 3.05) is 19.7 Å². The van der Waals surface area contributed by atoms with E-state index in [2.05, 4.69) is 31.2 Å². The lowest BCUT2D eigenvalue weighted by atomic mass is 10.0. The Morgan fingerprint density at radius 2 is 1.76 bits per heavy atom. The first-order valence-electron chi connectivity index (χ1n) is 10.2. The van der Waals surface area contributed by atoms with Crippen molar-refractivity contribution in [2.24, 2.45) is 5.92 Å². The topological polar surface area (TPSA) is 29.5 Å². The molecule has 1 saturated carbocycles. The van der Waals surface area contributed by atoms with Gasteiger partial charge in [0.25, 0.3) is 0 Å². The zero-order chi connectivity index (χ0) is 17.5. The SMILES string of the molecule is Cc1ccc(CCCC(=O)N2CCC(OCC3CCCC3)CC2)cc1. The molecule has 0 N–H and O–H groups in total. The molecule has 1 heterocycles. The molecule has 3 nitrogen and oxygen atoms in total. The van der Waals surface area contributed by atoms with Crippen molar-refractivity contribution in [1.82, 2.24) is 4.90 Å². The average molecular weight is 344 g/mol. The maximum Gasteiger partial charge on any atom is 0.222 e. The number of carbonyl (C=O) groups excluding carboxylic acids is 1. The number of nitrogens with zero attached hydrogens (tertiary/aromatic N) is 1. The molecule has 0 aromatic heterocycles. The molecule has 0 bridgehead atoms. The van der Waals surface area contributed by atoms with Crippen molar-refractivity contribution >= 4 is 5.91 Å². The lowest BCUT2D eigenvalue weighted by Gasteiger charge is -2.32. The number of hydrogen-bond acceptors (Lipinski definition) is 2. The molecule has 0 spiro atoms. The van der Waals surface area contributed by atoms with Crippen molar-refractivity contribution in [2.45, 2.75) is 70.8 Å². The van der Waals surface area contributed by atoms with Crippen LogP contribution in [0.25, 0.3) is 0 Å². The van der Waals surface area contributed by atoms with E-state index in [0.717, 1.165) is 51.3 Å². The molecular formula is C22H33NO2. The lowest BCUT2D eigenvalue weighted by molar-refractivity contribution is -0.134. The van der Waals surface area contributed by atoms with E-state index in [9.17, 15) is 4.79 Å². The summed E-state index contributed by atoms with van der Waals surface area (Å²) in [5.74, 6) is 1.11. The molecule has 1 aliphatic heterocycles. The van der Waals surface area contributed by atoms with E-state index in [1.807, 2.05) is 4.90 Å². The second-order valence-corrected chi connectivity index (χ2v) is 7.90. The van der Waals surface area contributed by atoms with Crippen LogP contribution in [0.15, 0.2) is 24.3 Å². The third kappa shape index (κ3) is 5.85. The molecular weight excluding hydrogens is 310 g/mol. The number of carbonyl (C=O) groups is 1. The molecule has 3 heteroatoms. The minimum absolute atomic E-state index is 0.321. The Kier molecular flexibility index (Phi) is 6.92. The summed E-state index contributed by atoms with van der Waals surface area (Å²) in [6.07, 6.45) is 10.4. The average Bonchev–Trinajstić information content (AvgIpc) is 3.15. The van der Waals surface area contributed by atoms with Crippen molar-refractivity contribution in [3.05, 3.63) is 35.4 Å². The highest BCUT2D eigenvalue weighted by Gasteiger charge is 2.24. The molecule has 25 heavy (non-hydrogen) atoms. The van der Waals surface area contributed by atoms with Gasteiger partial charge in [0.15, 0.2) is 0 Å². The summed E-state index contributed by atoms with van der Waals surface area (Å²) < 4.78 is 6.11. The zero-order valence-corrected chi connectivity index (χ0v) is 15.7. The first-order chi connectivity index (χ1) is 12.2. The van der Waals surface area contributed by atoms with Gasteiger partial charge in [-0.2, -0.15) is 0 Å². The number of ether oxygens (including phenoxy) is 1. The second kappa shape index (κ2) is 9.38. The largest absolute Gasteiger partial charge is 0.378 e. The Bertz CT molecular complexity index is 525. The van der Waals surface area contributed by atoms with Gasteiger partial charge in [-0.1, -0.05) is 42.7 Å². The van der Waals surface area contributed by atoms with Gasteiger partial charge < -0.3 is 9.64 Å². The molecule has 2 fully saturated rings. The molecule has 1 amide bonds. The number of aryl methyl sites for hydroxylation is 2. The number of amides is 1. The van der Waals surface area contributed by atoms with Gasteiger partial charge in [0.1, 0.15) is 0 Å². The summed E-state index contributed by atoms with van der Waals surface area (Å²) >= 11 is 0. The van der Waals surface area contributed by atoms with E-state index in [0.29, 0.717) is 18.4 Å². The Morgan fingerprint density at radius 1 is 1.08 bits per heavy atom. The molecule has 0 unspecified atom stereocenters. The summed E-state index contributed by atoms with van der Waals surface area (Å²) in [6.45, 7) is 4.79. The molecule has 1 saturated heterocycles. The van der Waals surface area contributed by atoms with Gasteiger partial charge in [-0.25, -0.2) is 0 Å². The van der Waals surface area contributed by atoms with Gasteiger partial charge in [0.05, 0.1) is 6.10 Å². The highest BCUT2D eigenvalue weighted by atomic mass is 16.5. The van der Waals surface area contributed by atoms with E-state index < -0.39 is 0 Å². The molecule has 1 aromatic carbocycles. The minimum atomic E-state index is 0.321. The van der Waals surface area contributed by atoms with Crippen LogP contribution in [-0.2, 0) is 16.0 Å². The van der Waals surface area contributed by atoms with Gasteiger partial charge >= 0.3 is 0 Å². The quantitative estimate of drug-likeness (QED) is 0.729. The summed E-state index contributed by atoms with van der Waals surface area (Å²) in [5.41, 5.74) is 2.62. The van der Waals surface area contributed by atoms with Gasteiger partial charge in [-0.15, -0.1) is 0 Å². The Hall–Kier alpha value is -1.35. The molecule has 1 aliphatic carbocycles. The zero-order valence-electron chi connectivity index (χ0n) is 15.7. The fraction of sp³-hybridized carbons (Fsp3) is 0.682. The molecule has 138 valence electrons. The number of rotatable bonds is 7. The van der Waals surface area contributed by atoms with Crippen molar-refractivity contribution in [1.29, 1.82) is 0 Å². The summed E-state index contributed by atoms with van der Waals surface area (Å²) in [4.78, 5) is 14.4. The Labute approximate surface area is 152 Å². The lowest BCUT2D eigenvalue weighted by Crippen LogP contribution is -2.41. The monoisotopic (exact) mass is 343 g/mol. The van der Waals surface area contributed by atoms with E-state index in [1.54, 1.807) is 0 Å². The predicted octanol–water partition coefficient (Wildman–Crippen LogP) is 4.52. The fourth-order valence-corrected chi connectivity index (χ4v) is 4.08. The smallest absolute Gasteiger partial charge is 0.222 e. The first-order valence-corrected chi connectivity index (χ1v) is 10.2. The summed E-state index contributed by atoms with van der Waals surface area (Å²) in [6, 6.07) is 8.64. The molecule has 0 atom stereocenters. The van der Waals surface area contributed by atoms with E-state index in [4.69, 9.17) is 4.74 Å². The van der Waals surface area contributed by atoms with Crippen LogP contribution in [-0.4, -0.2) is 36.6 Å². The van der Waals surface area contributed by atoms with Gasteiger partial charge in [-0.05, 0) is 56.9 Å². The second-order valence-electron chi connectivity index (χ2n) is 7.90. The standard InChI is InChI=1S/C22H33NO2/c1-18-9-11-19(12-10-18)7-4-8-22(24)23-15-13-21(14-16-23)25-17-20-5-2-3-6-20/h9-12,20-21H,2-8,13-17H2,1H3. The Balaban J connectivity index is 1.30. The summed E-state index contributed by atoms with van der Waals surface area (Å²) in [7, 11) is 0. The fourth-order valence-electron chi connectivity index (χ4n) is 4.08. The van der Waals surface area contributed by atoms with Crippen molar-refractivity contribution in [3.63, 3.8) is 0 Å². The van der Waals surface area contributed by atoms with Crippen LogP contribution in [0, 0.1) is 12.8 Å². The van der Waals surface area contributed by atoms with Gasteiger partial charge in [0, 0.05) is 26.1 Å². The highest BCUT2D eigenvalue weighted by Crippen LogP contribution is 2.26. The number of likely N-dealkylation sites (tertiary alicyclic amines) is 1. The van der Waals surface area contributed by atoms with Crippen molar-refractivity contribution < 1.29 is 9.53 Å². The number of hydrogen-bond donors (Lipinski definition) is 0. The molecule has 3 rings (SSSR count). The molecule has 2 aliphatic rings. The predicted molar refractivity (Wildman–Crippen MR) is 102 cm³/mol. The van der Waals surface area contributed by atoms with Crippen LogP contribution in [0.4, 0.5) is 0 Å². The molecule has 0 radical (unpaired) electrons. The number of piperidine rings is 1. The van der Waals surface area contributed by atoms with Crippen LogP contribution in [0.2, 0.25) is 0 Å². The minimum Gasteiger partial charge on any atom is -0.378 e. The van der Waals surface area contributed by atoms with Crippen LogP contribution >= 0.6 is 0 Å². The maximum absolute atomic E-state index is 12.4. The van der Waals surface area contributed by atoms with Crippen LogP contribution < -0.4 is 0 Å².